The Morgan fingerprint density at radius 2 is 2.00 bits per heavy atom. The van der Waals surface area contributed by atoms with Crippen LogP contribution in [0, 0.1) is 23.6 Å². The monoisotopic (exact) mass is 416 g/mol. The maximum atomic E-state index is 13.7. The van der Waals surface area contributed by atoms with Crippen molar-refractivity contribution in [3.05, 3.63) is 60.0 Å². The van der Waals surface area contributed by atoms with Crippen molar-refractivity contribution in [2.24, 2.45) is 17.8 Å². The summed E-state index contributed by atoms with van der Waals surface area (Å²) < 4.78 is 18.3. The normalized spacial score (nSPS) is 24.0. The molecule has 1 fully saturated rings. The first kappa shape index (κ1) is 24.0. The molecule has 0 heterocycles. The summed E-state index contributed by atoms with van der Waals surface area (Å²) in [6.45, 7) is 2.10. The second-order valence-corrected chi connectivity index (χ2v) is 8.11. The molecule has 5 heteroatoms. The average Bonchev–Trinajstić information content (AvgIpc) is 3.00. The third kappa shape index (κ3) is 7.52. The Morgan fingerprint density at radius 3 is 2.73 bits per heavy atom. The molecular formula is C25H33FO4. The van der Waals surface area contributed by atoms with Crippen molar-refractivity contribution in [1.29, 1.82) is 0 Å². The standard InChI is InChI=1S/C25H33FO4/c1-18-17-24(28)22(10-5-3-4-6-12-25(29)30-2)21(18)16-15-20(27)14-13-19-9-7-8-11-23(19)26/h3,5,7-9,11,15-16,18,21-22,24,28H,4,6,10,12-14,17H2,1-2H3/b5-3-,16-15+/t18?,21-,22+,24-/m0/s1. The van der Waals surface area contributed by atoms with Crippen LogP contribution in [0.2, 0.25) is 0 Å². The van der Waals surface area contributed by atoms with Gasteiger partial charge in [-0.15, -0.1) is 0 Å². The zero-order valence-electron chi connectivity index (χ0n) is 17.9. The molecule has 0 amide bonds. The Morgan fingerprint density at radius 1 is 1.23 bits per heavy atom. The molecule has 0 saturated heterocycles. The fourth-order valence-electron chi connectivity index (χ4n) is 4.14. The fraction of sp³-hybridized carbons (Fsp3) is 0.520. The number of ketones is 1. The molecule has 1 aromatic rings. The number of allylic oxidation sites excluding steroid dienone is 4. The van der Waals surface area contributed by atoms with Crippen LogP contribution in [0.15, 0.2) is 48.6 Å². The van der Waals surface area contributed by atoms with Crippen molar-refractivity contribution in [1.82, 2.24) is 0 Å². The lowest BCUT2D eigenvalue weighted by Crippen LogP contribution is -2.18. The highest BCUT2D eigenvalue weighted by molar-refractivity contribution is 5.89. The molecule has 0 aliphatic heterocycles. The van der Waals surface area contributed by atoms with Crippen LogP contribution in [-0.2, 0) is 20.7 Å². The van der Waals surface area contributed by atoms with Gasteiger partial charge in [-0.1, -0.05) is 43.4 Å². The molecule has 2 rings (SSSR count). The number of ether oxygens (including phenoxy) is 1. The first-order valence-electron chi connectivity index (χ1n) is 10.8. The van der Waals surface area contributed by atoms with Gasteiger partial charge in [0.05, 0.1) is 13.2 Å². The highest BCUT2D eigenvalue weighted by Crippen LogP contribution is 2.40. The lowest BCUT2D eigenvalue weighted by molar-refractivity contribution is -0.140. The fourth-order valence-corrected chi connectivity index (χ4v) is 4.14. The van der Waals surface area contributed by atoms with Gasteiger partial charge in [0.1, 0.15) is 5.82 Å². The third-order valence-corrected chi connectivity index (χ3v) is 5.92. The largest absolute Gasteiger partial charge is 0.469 e. The Bertz CT molecular complexity index is 755. The second-order valence-electron chi connectivity index (χ2n) is 8.11. The quantitative estimate of drug-likeness (QED) is 0.243. The van der Waals surface area contributed by atoms with Crippen molar-refractivity contribution in [2.75, 3.05) is 7.11 Å². The van der Waals surface area contributed by atoms with E-state index in [4.69, 9.17) is 0 Å². The number of unbranched alkanes of at least 4 members (excludes halogenated alkanes) is 1. The van der Waals surface area contributed by atoms with Crippen molar-refractivity contribution >= 4 is 11.8 Å². The van der Waals surface area contributed by atoms with Crippen molar-refractivity contribution in [3.8, 4) is 0 Å². The number of hydrogen-bond donors (Lipinski definition) is 1. The molecule has 30 heavy (non-hydrogen) atoms. The number of hydrogen-bond acceptors (Lipinski definition) is 4. The summed E-state index contributed by atoms with van der Waals surface area (Å²) in [7, 11) is 1.39. The summed E-state index contributed by atoms with van der Waals surface area (Å²) in [5, 5.41) is 10.4. The number of benzene rings is 1. The first-order valence-corrected chi connectivity index (χ1v) is 10.8. The maximum Gasteiger partial charge on any atom is 0.305 e. The highest BCUT2D eigenvalue weighted by Gasteiger charge is 2.37. The number of methoxy groups -OCH3 is 1. The van der Waals surface area contributed by atoms with Crippen molar-refractivity contribution in [3.63, 3.8) is 0 Å². The molecule has 0 radical (unpaired) electrons. The smallest absolute Gasteiger partial charge is 0.305 e. The van der Waals surface area contributed by atoms with Gasteiger partial charge in [-0.2, -0.15) is 0 Å². The predicted molar refractivity (Wildman–Crippen MR) is 115 cm³/mol. The van der Waals surface area contributed by atoms with Gasteiger partial charge in [-0.3, -0.25) is 9.59 Å². The van der Waals surface area contributed by atoms with Crippen LogP contribution in [0.5, 0.6) is 0 Å². The van der Waals surface area contributed by atoms with E-state index in [2.05, 4.69) is 17.7 Å². The van der Waals surface area contributed by atoms with Gasteiger partial charge in [0.2, 0.25) is 0 Å². The molecule has 1 aromatic carbocycles. The van der Waals surface area contributed by atoms with Gasteiger partial charge in [0.25, 0.3) is 0 Å². The van der Waals surface area contributed by atoms with E-state index in [1.165, 1.54) is 13.2 Å². The summed E-state index contributed by atoms with van der Waals surface area (Å²) in [5.41, 5.74) is 0.555. The number of carbonyl (C=O) groups is 2. The first-order chi connectivity index (χ1) is 14.4. The zero-order chi connectivity index (χ0) is 21.9. The number of aryl methyl sites for hydroxylation is 1. The topological polar surface area (TPSA) is 63.6 Å². The highest BCUT2D eigenvalue weighted by atomic mass is 19.1. The van der Waals surface area contributed by atoms with Crippen LogP contribution in [0.1, 0.15) is 51.0 Å². The molecule has 0 spiro atoms. The number of halogens is 1. The molecular weight excluding hydrogens is 383 g/mol. The van der Waals surface area contributed by atoms with Crippen LogP contribution in [0.25, 0.3) is 0 Å². The Kier molecular flexibility index (Phi) is 9.95. The number of esters is 1. The number of carbonyl (C=O) groups excluding carboxylic acids is 2. The van der Waals surface area contributed by atoms with Gasteiger partial charge in [0, 0.05) is 12.8 Å². The van der Waals surface area contributed by atoms with E-state index in [0.29, 0.717) is 24.3 Å². The molecule has 4 atom stereocenters. The molecule has 1 aliphatic carbocycles. The van der Waals surface area contributed by atoms with Gasteiger partial charge < -0.3 is 9.84 Å². The van der Waals surface area contributed by atoms with Crippen LogP contribution in [-0.4, -0.2) is 30.1 Å². The molecule has 164 valence electrons. The maximum absolute atomic E-state index is 13.7. The molecule has 1 aliphatic rings. The predicted octanol–water partition coefficient (Wildman–Crippen LogP) is 4.81. The minimum absolute atomic E-state index is 0.0241. The lowest BCUT2D eigenvalue weighted by atomic mass is 9.86. The van der Waals surface area contributed by atoms with Crippen molar-refractivity contribution < 1.29 is 23.8 Å². The summed E-state index contributed by atoms with van der Waals surface area (Å²) in [4.78, 5) is 23.4. The molecule has 0 aromatic heterocycles. The Hall–Kier alpha value is -2.27. The summed E-state index contributed by atoms with van der Waals surface area (Å²) >= 11 is 0. The van der Waals surface area contributed by atoms with Gasteiger partial charge in [-0.05, 0) is 67.6 Å². The Balaban J connectivity index is 1.83. The number of aliphatic hydroxyl groups is 1. The van der Waals surface area contributed by atoms with E-state index < -0.39 is 0 Å². The van der Waals surface area contributed by atoms with Crippen LogP contribution in [0.4, 0.5) is 4.39 Å². The minimum Gasteiger partial charge on any atom is -0.469 e. The molecule has 4 nitrogen and oxygen atoms in total. The molecule has 1 saturated carbocycles. The SMILES string of the molecule is COC(=O)CCC/C=C\C[C@H]1[C@@H](O)CC(C)[C@@H]1/C=C/C(=O)CCc1ccccc1F. The molecule has 1 unspecified atom stereocenters. The molecule has 1 N–H and O–H groups in total. The van der Waals surface area contributed by atoms with Crippen LogP contribution >= 0.6 is 0 Å². The van der Waals surface area contributed by atoms with E-state index in [1.807, 2.05) is 12.2 Å². The third-order valence-electron chi connectivity index (χ3n) is 5.92. The second kappa shape index (κ2) is 12.4. The Labute approximate surface area is 178 Å². The molecule has 0 bridgehead atoms. The van der Waals surface area contributed by atoms with Crippen LogP contribution < -0.4 is 0 Å². The van der Waals surface area contributed by atoms with Gasteiger partial charge >= 0.3 is 5.97 Å². The summed E-state index contributed by atoms with van der Waals surface area (Å²) in [6, 6.07) is 6.52. The van der Waals surface area contributed by atoms with Crippen molar-refractivity contribution in [2.45, 2.75) is 58.0 Å². The van der Waals surface area contributed by atoms with E-state index in [-0.39, 0.29) is 41.9 Å². The number of aliphatic hydroxyl groups excluding tert-OH is 1. The van der Waals surface area contributed by atoms with E-state index >= 15 is 0 Å². The average molecular weight is 417 g/mol. The summed E-state index contributed by atoms with van der Waals surface area (Å²) in [5.74, 6) is 0.00968. The van der Waals surface area contributed by atoms with Crippen LogP contribution in [0.3, 0.4) is 0 Å². The van der Waals surface area contributed by atoms with E-state index in [9.17, 15) is 19.1 Å². The zero-order valence-corrected chi connectivity index (χ0v) is 17.9. The van der Waals surface area contributed by atoms with Gasteiger partial charge in [0.15, 0.2) is 5.78 Å². The van der Waals surface area contributed by atoms with Gasteiger partial charge in [-0.25, -0.2) is 4.39 Å². The minimum atomic E-state index is -0.386. The summed E-state index contributed by atoms with van der Waals surface area (Å²) in [6.07, 6.45) is 11.3. The lowest BCUT2D eigenvalue weighted by Gasteiger charge is -2.19. The van der Waals surface area contributed by atoms with E-state index in [1.54, 1.807) is 24.3 Å². The van der Waals surface area contributed by atoms with E-state index in [0.717, 1.165) is 25.7 Å². The number of rotatable bonds is 11.